The molecule has 0 spiro atoms. The largest absolute Gasteiger partial charge is 0.394 e. The second-order valence-electron chi connectivity index (χ2n) is 3.09. The Kier molecular flexibility index (Phi) is 74.9. The minimum Gasteiger partial charge on any atom is -0.394 e. The molecule has 0 saturated heterocycles. The van der Waals surface area contributed by atoms with Crippen LogP contribution in [0.5, 0.6) is 0 Å². The van der Waals surface area contributed by atoms with E-state index in [1.165, 1.54) is 0 Å². The van der Waals surface area contributed by atoms with E-state index in [1.54, 1.807) is 0 Å². The Balaban J connectivity index is -0.0000000653. The molecule has 0 aliphatic carbocycles. The van der Waals surface area contributed by atoms with Crippen molar-refractivity contribution in [1.29, 1.82) is 0 Å². The molecule has 140 valence electrons. The maximum atomic E-state index is 8.61. The lowest BCUT2D eigenvalue weighted by atomic mass is 10.4. The quantitative estimate of drug-likeness (QED) is 0.570. The molecule has 0 radical (unpaired) electrons. The van der Waals surface area contributed by atoms with Crippen LogP contribution in [0.4, 0.5) is 0 Å². The Morgan fingerprint density at radius 2 is 1.14 bits per heavy atom. The van der Waals surface area contributed by atoms with E-state index >= 15 is 0 Å². The van der Waals surface area contributed by atoms with E-state index < -0.39 is 0 Å². The van der Waals surface area contributed by atoms with Gasteiger partial charge in [-0.05, 0) is 6.42 Å². The molecule has 0 aliphatic rings. The third-order valence-corrected chi connectivity index (χ3v) is 1.64. The fraction of sp³-hybridized carbons (Fsp3) is 1.00. The van der Waals surface area contributed by atoms with Crippen LogP contribution >= 0.6 is 0 Å². The summed E-state index contributed by atoms with van der Waals surface area (Å²) in [5.74, 6) is 0. The maximum absolute atomic E-state index is 8.61. The van der Waals surface area contributed by atoms with Crippen LogP contribution in [-0.2, 0) is 14.2 Å². The Labute approximate surface area is 135 Å². The molecule has 0 fully saturated rings. The van der Waals surface area contributed by atoms with Crippen molar-refractivity contribution < 1.29 is 24.4 Å². The first-order valence-corrected chi connectivity index (χ1v) is 5.34. The minimum atomic E-state index is -0.171. The summed E-state index contributed by atoms with van der Waals surface area (Å²) in [7, 11) is 0. The van der Waals surface area contributed by atoms with Gasteiger partial charge in [0.15, 0.2) is 0 Å². The molecule has 21 heavy (non-hydrogen) atoms. The van der Waals surface area contributed by atoms with Gasteiger partial charge >= 0.3 is 0 Å². The zero-order chi connectivity index (χ0) is 11.4. The Morgan fingerprint density at radius 1 is 0.714 bits per heavy atom. The lowest BCUT2D eigenvalue weighted by Crippen LogP contribution is -2.27. The first-order valence-electron chi connectivity index (χ1n) is 5.34. The first-order chi connectivity index (χ1) is 7.35. The highest BCUT2D eigenvalue weighted by Crippen LogP contribution is 1.96. The smallest absolute Gasteiger partial charge is 0.104 e. The van der Waals surface area contributed by atoms with E-state index in [2.05, 4.69) is 0 Å². The lowest BCUT2D eigenvalue weighted by Gasteiger charge is -2.17. The first kappa shape index (κ1) is 42.8. The number of hydrogen-bond acceptors (Lipinski definition) is 5. The molecule has 5 nitrogen and oxygen atoms in total. The molecule has 0 amide bonds. The van der Waals surface area contributed by atoms with Gasteiger partial charge in [-0.25, -0.2) is 0 Å². The van der Waals surface area contributed by atoms with E-state index in [0.717, 1.165) is 6.42 Å². The van der Waals surface area contributed by atoms with Crippen molar-refractivity contribution in [2.24, 2.45) is 0 Å². The van der Waals surface area contributed by atoms with Gasteiger partial charge in [0.05, 0.1) is 39.6 Å². The monoisotopic (exact) mass is 318 g/mol. The summed E-state index contributed by atoms with van der Waals surface area (Å²) in [4.78, 5) is 0. The number of ether oxygens (including phenoxy) is 3. The normalized spacial score (nSPS) is 9.29. The lowest BCUT2D eigenvalue weighted by molar-refractivity contribution is -0.0702. The maximum Gasteiger partial charge on any atom is 0.104 e. The van der Waals surface area contributed by atoms with E-state index in [1.807, 2.05) is 6.92 Å². The zero-order valence-corrected chi connectivity index (χ0v) is 9.35. The molecule has 1 unspecified atom stereocenters. The average molecular weight is 319 g/mol. The van der Waals surface area contributed by atoms with Crippen molar-refractivity contribution in [2.45, 2.75) is 64.0 Å². The topological polar surface area (TPSA) is 68.2 Å². The second kappa shape index (κ2) is 36.7. The Bertz CT molecular complexity index is 113. The molecule has 0 aromatic heterocycles. The van der Waals surface area contributed by atoms with Gasteiger partial charge in [0.2, 0.25) is 0 Å². The van der Waals surface area contributed by atoms with Crippen molar-refractivity contribution in [3.63, 3.8) is 0 Å². The summed E-state index contributed by atoms with van der Waals surface area (Å²) >= 11 is 0. The van der Waals surface area contributed by atoms with Crippen molar-refractivity contribution in [3.8, 4) is 0 Å². The van der Waals surface area contributed by atoms with Crippen LogP contribution in [0.1, 0.15) is 57.9 Å². The van der Waals surface area contributed by atoms with Gasteiger partial charge < -0.3 is 24.4 Å². The summed E-state index contributed by atoms with van der Waals surface area (Å²) in [5.41, 5.74) is 0. The van der Waals surface area contributed by atoms with Crippen LogP contribution in [0.2, 0.25) is 0 Å². The van der Waals surface area contributed by atoms with Crippen LogP contribution in [0, 0.1) is 0 Å². The van der Waals surface area contributed by atoms with E-state index in [0.29, 0.717) is 26.4 Å². The van der Waals surface area contributed by atoms with Gasteiger partial charge in [-0.15, -0.1) is 0 Å². The second-order valence-corrected chi connectivity index (χ2v) is 3.09. The Hall–Kier alpha value is -0.200. The van der Waals surface area contributed by atoms with Gasteiger partial charge in [0, 0.05) is 6.61 Å². The molecular formula is C16H46O5. The summed E-state index contributed by atoms with van der Waals surface area (Å²) in [6, 6.07) is 0. The molecule has 2 N–H and O–H groups in total. The highest BCUT2D eigenvalue weighted by Gasteiger charge is 2.09. The fourth-order valence-electron chi connectivity index (χ4n) is 1.00. The van der Waals surface area contributed by atoms with Crippen LogP contribution in [-0.4, -0.2) is 62.6 Å². The van der Waals surface area contributed by atoms with Crippen LogP contribution in [0.3, 0.4) is 0 Å². The molecule has 0 rings (SSSR count). The van der Waals surface area contributed by atoms with Crippen LogP contribution < -0.4 is 0 Å². The summed E-state index contributed by atoms with van der Waals surface area (Å²) < 4.78 is 15.8. The van der Waals surface area contributed by atoms with E-state index in [4.69, 9.17) is 24.4 Å². The molecular weight excluding hydrogens is 272 g/mol. The summed E-state index contributed by atoms with van der Waals surface area (Å²) in [6.07, 6.45) is 0.791. The summed E-state index contributed by atoms with van der Waals surface area (Å²) in [6.45, 7) is 4.14. The van der Waals surface area contributed by atoms with Gasteiger partial charge in [-0.2, -0.15) is 0 Å². The fourth-order valence-corrected chi connectivity index (χ4v) is 1.00. The van der Waals surface area contributed by atoms with Crippen molar-refractivity contribution in [3.05, 3.63) is 0 Å². The standard InChI is InChI=1S/C10H22O5.6CH4/c1-2-5-13-8-10(15-7-4-12)9-14-6-3-11;;;;;;/h10-12H,2-9H2,1H3;6*1H4. The highest BCUT2D eigenvalue weighted by molar-refractivity contribution is 4.55. The van der Waals surface area contributed by atoms with E-state index in [-0.39, 0.29) is 70.5 Å². The third kappa shape index (κ3) is 32.9. The van der Waals surface area contributed by atoms with E-state index in [9.17, 15) is 0 Å². The van der Waals surface area contributed by atoms with Gasteiger partial charge in [0.25, 0.3) is 0 Å². The van der Waals surface area contributed by atoms with Crippen LogP contribution in [0.25, 0.3) is 0 Å². The molecule has 0 aromatic rings. The average Bonchev–Trinajstić information content (AvgIpc) is 2.25. The SMILES string of the molecule is C.C.C.C.C.C.CCCOCC(COCCO)OCCO. The Morgan fingerprint density at radius 3 is 1.52 bits per heavy atom. The van der Waals surface area contributed by atoms with Gasteiger partial charge in [-0.1, -0.05) is 51.5 Å². The van der Waals surface area contributed by atoms with Crippen molar-refractivity contribution in [1.82, 2.24) is 0 Å². The number of rotatable bonds is 11. The third-order valence-electron chi connectivity index (χ3n) is 1.64. The number of aliphatic hydroxyl groups excluding tert-OH is 2. The highest BCUT2D eigenvalue weighted by atomic mass is 16.6. The van der Waals surface area contributed by atoms with Gasteiger partial charge in [0.1, 0.15) is 6.10 Å². The predicted molar refractivity (Wildman–Crippen MR) is 96.2 cm³/mol. The van der Waals surface area contributed by atoms with Crippen molar-refractivity contribution in [2.75, 3.05) is 46.2 Å². The molecule has 5 heteroatoms. The molecule has 0 heterocycles. The molecule has 0 bridgehead atoms. The molecule has 1 atom stereocenters. The van der Waals surface area contributed by atoms with Crippen LogP contribution in [0.15, 0.2) is 0 Å². The molecule has 0 aromatic carbocycles. The van der Waals surface area contributed by atoms with Gasteiger partial charge in [-0.3, -0.25) is 0 Å². The molecule has 0 saturated carbocycles. The number of aliphatic hydroxyl groups is 2. The predicted octanol–water partition coefficient (Wildman–Crippen LogP) is 3.62. The zero-order valence-electron chi connectivity index (χ0n) is 9.35. The minimum absolute atomic E-state index is 0. The number of hydrogen-bond donors (Lipinski definition) is 2. The van der Waals surface area contributed by atoms with Crippen molar-refractivity contribution >= 4 is 0 Å². The summed E-state index contributed by atoms with van der Waals surface area (Å²) in [5, 5.41) is 17.1. The molecule has 0 aliphatic heterocycles.